The molecule has 30 heavy (non-hydrogen) atoms. The van der Waals surface area contributed by atoms with Crippen LogP contribution < -0.4 is 10.6 Å². The zero-order valence-electron chi connectivity index (χ0n) is 16.6. The van der Waals surface area contributed by atoms with Gasteiger partial charge in [-0.1, -0.05) is 35.9 Å². The zero-order valence-corrected chi connectivity index (χ0v) is 16.6. The first-order chi connectivity index (χ1) is 14.4. The number of esters is 2. The van der Waals surface area contributed by atoms with Crippen LogP contribution in [-0.4, -0.2) is 33.6 Å². The van der Waals surface area contributed by atoms with E-state index < -0.39 is 11.9 Å². The first kappa shape index (κ1) is 20.7. The molecule has 0 aliphatic heterocycles. The van der Waals surface area contributed by atoms with E-state index in [0.29, 0.717) is 11.3 Å². The minimum absolute atomic E-state index is 0.0508. The summed E-state index contributed by atoms with van der Waals surface area (Å²) in [5.74, 6) is -0.677. The molecule has 9 nitrogen and oxygen atoms in total. The first-order valence-electron chi connectivity index (χ1n) is 9.12. The highest BCUT2D eigenvalue weighted by Gasteiger charge is 2.17. The Labute approximate surface area is 173 Å². The van der Waals surface area contributed by atoms with Crippen molar-refractivity contribution < 1.29 is 19.1 Å². The lowest BCUT2D eigenvalue weighted by atomic mass is 10.1. The summed E-state index contributed by atoms with van der Waals surface area (Å²) in [6.07, 6.45) is 0. The molecule has 0 radical (unpaired) electrons. The molecule has 0 fully saturated rings. The second-order valence-electron chi connectivity index (χ2n) is 6.38. The van der Waals surface area contributed by atoms with Crippen LogP contribution in [0.3, 0.4) is 0 Å². The quantitative estimate of drug-likeness (QED) is 0.465. The summed E-state index contributed by atoms with van der Waals surface area (Å²) < 4.78 is 10.4. The predicted octanol–water partition coefficient (Wildman–Crippen LogP) is 2.78. The van der Waals surface area contributed by atoms with Gasteiger partial charge in [0.25, 0.3) is 0 Å². The average molecular weight is 407 g/mol. The van der Waals surface area contributed by atoms with E-state index in [1.165, 1.54) is 6.92 Å². The fraction of sp³-hybridized carbons (Fsp3) is 0.190. The van der Waals surface area contributed by atoms with Gasteiger partial charge in [-0.15, -0.1) is 0 Å². The van der Waals surface area contributed by atoms with Crippen LogP contribution in [0.15, 0.2) is 54.6 Å². The SMILES string of the molecule is CC(=O)OCN(c1ccccc1)c1nc(N)nc(COC(=O)c2ccc(C)cc2)n1. The van der Waals surface area contributed by atoms with Crippen LogP contribution in [-0.2, 0) is 20.9 Å². The van der Waals surface area contributed by atoms with E-state index in [-0.39, 0.29) is 31.1 Å². The second kappa shape index (κ2) is 9.46. The summed E-state index contributed by atoms with van der Waals surface area (Å²) in [5.41, 5.74) is 7.97. The Balaban J connectivity index is 1.80. The van der Waals surface area contributed by atoms with Gasteiger partial charge in [0.2, 0.25) is 11.9 Å². The monoisotopic (exact) mass is 407 g/mol. The lowest BCUT2D eigenvalue weighted by Crippen LogP contribution is -2.25. The van der Waals surface area contributed by atoms with E-state index in [1.54, 1.807) is 29.2 Å². The summed E-state index contributed by atoms with van der Waals surface area (Å²) in [6.45, 7) is 2.92. The summed E-state index contributed by atoms with van der Waals surface area (Å²) >= 11 is 0. The number of carbonyl (C=O) groups excluding carboxylic acids is 2. The van der Waals surface area contributed by atoms with Crippen LogP contribution >= 0.6 is 0 Å². The Hall–Kier alpha value is -4.01. The van der Waals surface area contributed by atoms with E-state index in [0.717, 1.165) is 5.56 Å². The number of para-hydroxylation sites is 1. The number of nitrogens with two attached hydrogens (primary N) is 1. The predicted molar refractivity (Wildman–Crippen MR) is 110 cm³/mol. The number of ether oxygens (including phenoxy) is 2. The molecular weight excluding hydrogens is 386 g/mol. The maximum Gasteiger partial charge on any atom is 0.338 e. The zero-order chi connectivity index (χ0) is 21.5. The average Bonchev–Trinajstić information content (AvgIpc) is 2.73. The third-order valence-electron chi connectivity index (χ3n) is 4.01. The van der Waals surface area contributed by atoms with Crippen LogP contribution in [0.5, 0.6) is 0 Å². The van der Waals surface area contributed by atoms with Gasteiger partial charge in [-0.2, -0.15) is 15.0 Å². The van der Waals surface area contributed by atoms with Crippen molar-refractivity contribution in [2.45, 2.75) is 20.5 Å². The molecular formula is C21H21N5O4. The summed E-state index contributed by atoms with van der Waals surface area (Å²) in [5, 5.41) is 0. The number of rotatable bonds is 7. The molecule has 3 aromatic rings. The number of aromatic nitrogens is 3. The van der Waals surface area contributed by atoms with Crippen molar-refractivity contribution in [2.24, 2.45) is 0 Å². The Bertz CT molecular complexity index is 1030. The lowest BCUT2D eigenvalue weighted by Gasteiger charge is -2.22. The number of carbonyl (C=O) groups is 2. The van der Waals surface area contributed by atoms with Crippen molar-refractivity contribution in [1.82, 2.24) is 15.0 Å². The topological polar surface area (TPSA) is 121 Å². The van der Waals surface area contributed by atoms with Gasteiger partial charge >= 0.3 is 11.9 Å². The van der Waals surface area contributed by atoms with Crippen LogP contribution in [0.2, 0.25) is 0 Å². The van der Waals surface area contributed by atoms with Crippen molar-refractivity contribution >= 4 is 29.5 Å². The maximum atomic E-state index is 12.2. The number of hydrogen-bond acceptors (Lipinski definition) is 9. The second-order valence-corrected chi connectivity index (χ2v) is 6.38. The third-order valence-corrected chi connectivity index (χ3v) is 4.01. The van der Waals surface area contributed by atoms with Crippen molar-refractivity contribution in [2.75, 3.05) is 17.4 Å². The number of nitrogen functional groups attached to an aromatic ring is 1. The molecule has 2 aromatic carbocycles. The van der Waals surface area contributed by atoms with Crippen LogP contribution in [0, 0.1) is 6.92 Å². The molecule has 2 N–H and O–H groups in total. The van der Waals surface area contributed by atoms with Crippen LogP contribution in [0.25, 0.3) is 0 Å². The van der Waals surface area contributed by atoms with E-state index >= 15 is 0 Å². The van der Waals surface area contributed by atoms with Gasteiger partial charge in [-0.25, -0.2) is 4.79 Å². The summed E-state index contributed by atoms with van der Waals surface area (Å²) in [4.78, 5) is 37.6. The molecule has 154 valence electrons. The number of aryl methyl sites for hydroxylation is 1. The number of anilines is 3. The largest absolute Gasteiger partial charge is 0.454 e. The van der Waals surface area contributed by atoms with Crippen molar-refractivity contribution in [3.05, 3.63) is 71.5 Å². The Kier molecular flexibility index (Phi) is 6.53. The van der Waals surface area contributed by atoms with Crippen LogP contribution in [0.1, 0.15) is 28.7 Å². The molecule has 0 atom stereocenters. The van der Waals surface area contributed by atoms with Gasteiger partial charge in [0.05, 0.1) is 5.56 Å². The number of nitrogens with zero attached hydrogens (tertiary/aromatic N) is 4. The Morgan fingerprint density at radius 3 is 2.33 bits per heavy atom. The molecule has 3 rings (SSSR count). The van der Waals surface area contributed by atoms with Gasteiger partial charge < -0.3 is 15.2 Å². The molecule has 1 heterocycles. The first-order valence-corrected chi connectivity index (χ1v) is 9.12. The van der Waals surface area contributed by atoms with E-state index in [2.05, 4.69) is 15.0 Å². The van der Waals surface area contributed by atoms with Crippen LogP contribution in [0.4, 0.5) is 17.6 Å². The minimum Gasteiger partial charge on any atom is -0.454 e. The van der Waals surface area contributed by atoms with Gasteiger partial charge in [-0.3, -0.25) is 9.69 Å². The summed E-state index contributed by atoms with van der Waals surface area (Å²) in [6, 6.07) is 16.1. The summed E-state index contributed by atoms with van der Waals surface area (Å²) in [7, 11) is 0. The molecule has 9 heteroatoms. The molecule has 0 aliphatic rings. The highest BCUT2D eigenvalue weighted by molar-refractivity contribution is 5.89. The maximum absolute atomic E-state index is 12.2. The highest BCUT2D eigenvalue weighted by atomic mass is 16.5. The molecule has 0 spiro atoms. The molecule has 0 saturated heterocycles. The molecule has 0 bridgehead atoms. The molecule has 0 aliphatic carbocycles. The van der Waals surface area contributed by atoms with Gasteiger partial charge in [0.1, 0.15) is 0 Å². The van der Waals surface area contributed by atoms with E-state index in [9.17, 15) is 9.59 Å². The molecule has 1 aromatic heterocycles. The fourth-order valence-electron chi connectivity index (χ4n) is 2.52. The molecule has 0 amide bonds. The van der Waals surface area contributed by atoms with Gasteiger partial charge in [0.15, 0.2) is 19.2 Å². The standard InChI is InChI=1S/C21H21N5O4/c1-14-8-10-16(11-9-14)19(28)29-12-18-23-20(22)25-21(24-18)26(13-30-15(2)27)17-6-4-3-5-7-17/h3-11H,12-13H2,1-2H3,(H2,22,23,24,25). The van der Waals surface area contributed by atoms with Crippen molar-refractivity contribution in [1.29, 1.82) is 0 Å². The lowest BCUT2D eigenvalue weighted by molar-refractivity contribution is -0.140. The Morgan fingerprint density at radius 1 is 0.967 bits per heavy atom. The molecule has 0 unspecified atom stereocenters. The third kappa shape index (κ3) is 5.51. The van der Waals surface area contributed by atoms with E-state index in [4.69, 9.17) is 15.2 Å². The number of benzene rings is 2. The molecule has 0 saturated carbocycles. The van der Waals surface area contributed by atoms with Crippen molar-refractivity contribution in [3.8, 4) is 0 Å². The van der Waals surface area contributed by atoms with Gasteiger partial charge in [-0.05, 0) is 31.2 Å². The fourth-order valence-corrected chi connectivity index (χ4v) is 2.52. The number of hydrogen-bond donors (Lipinski definition) is 1. The smallest absolute Gasteiger partial charge is 0.338 e. The van der Waals surface area contributed by atoms with Gasteiger partial charge in [0, 0.05) is 12.6 Å². The minimum atomic E-state index is -0.504. The normalized spacial score (nSPS) is 10.3. The van der Waals surface area contributed by atoms with Crippen molar-refractivity contribution in [3.63, 3.8) is 0 Å². The Morgan fingerprint density at radius 2 is 1.67 bits per heavy atom. The van der Waals surface area contributed by atoms with E-state index in [1.807, 2.05) is 37.3 Å². The highest BCUT2D eigenvalue weighted by Crippen LogP contribution is 2.22.